The molecule has 1 N–H and O–H groups in total. The lowest BCUT2D eigenvalue weighted by Crippen LogP contribution is -2.01. The van der Waals surface area contributed by atoms with Gasteiger partial charge in [0.2, 0.25) is 5.88 Å². The molecule has 0 aliphatic heterocycles. The first-order chi connectivity index (χ1) is 8.16. The number of aryl methyl sites for hydroxylation is 1. The molecule has 1 aromatic heterocycles. The van der Waals surface area contributed by atoms with Crippen LogP contribution >= 0.6 is 0 Å². The Labute approximate surface area is 98.5 Å². The molecule has 0 amide bonds. The quantitative estimate of drug-likeness (QED) is 0.879. The number of aromatic nitrogens is 1. The summed E-state index contributed by atoms with van der Waals surface area (Å²) in [6.45, 7) is 1.97. The van der Waals surface area contributed by atoms with Crippen LogP contribution < -0.4 is 4.74 Å². The Balaban J connectivity index is 2.30. The smallest absolute Gasteiger partial charge is 0.341 e. The molecular weight excluding hydrogens is 218 g/mol. The van der Waals surface area contributed by atoms with Gasteiger partial charge in [-0.25, -0.2) is 9.78 Å². The number of benzene rings is 1. The van der Waals surface area contributed by atoms with Gasteiger partial charge in [-0.15, -0.1) is 0 Å². The van der Waals surface area contributed by atoms with E-state index in [0.29, 0.717) is 5.75 Å². The summed E-state index contributed by atoms with van der Waals surface area (Å²) in [5, 5.41) is 8.97. The maximum absolute atomic E-state index is 10.9. The highest BCUT2D eigenvalue weighted by molar-refractivity contribution is 5.90. The molecule has 2 aromatic rings. The molecule has 0 saturated carbocycles. The van der Waals surface area contributed by atoms with E-state index in [-0.39, 0.29) is 11.4 Å². The number of pyridine rings is 1. The highest BCUT2D eigenvalue weighted by Crippen LogP contribution is 2.22. The zero-order valence-electron chi connectivity index (χ0n) is 9.25. The molecule has 2 rings (SSSR count). The average Bonchev–Trinajstić information content (AvgIpc) is 2.32. The highest BCUT2D eigenvalue weighted by atomic mass is 16.5. The first kappa shape index (κ1) is 11.1. The summed E-state index contributed by atoms with van der Waals surface area (Å²) in [7, 11) is 0. The molecule has 0 atom stereocenters. The van der Waals surface area contributed by atoms with Gasteiger partial charge in [-0.3, -0.25) is 0 Å². The number of nitrogens with zero attached hydrogens (tertiary/aromatic N) is 1. The number of carbonyl (C=O) groups is 1. The Morgan fingerprint density at radius 1 is 1.24 bits per heavy atom. The monoisotopic (exact) mass is 229 g/mol. The van der Waals surface area contributed by atoms with Crippen LogP contribution in [0, 0.1) is 6.92 Å². The van der Waals surface area contributed by atoms with Crippen molar-refractivity contribution in [1.82, 2.24) is 4.98 Å². The predicted octanol–water partition coefficient (Wildman–Crippen LogP) is 2.88. The van der Waals surface area contributed by atoms with Crippen LogP contribution in [0.2, 0.25) is 0 Å². The Kier molecular flexibility index (Phi) is 3.05. The number of aromatic carboxylic acids is 1. The fourth-order valence-electron chi connectivity index (χ4n) is 1.35. The molecule has 0 saturated heterocycles. The number of ether oxygens (including phenoxy) is 1. The fourth-order valence-corrected chi connectivity index (χ4v) is 1.35. The van der Waals surface area contributed by atoms with Gasteiger partial charge < -0.3 is 9.84 Å². The zero-order valence-corrected chi connectivity index (χ0v) is 9.25. The van der Waals surface area contributed by atoms with Crippen molar-refractivity contribution >= 4 is 5.97 Å². The van der Waals surface area contributed by atoms with Crippen LogP contribution in [0.1, 0.15) is 15.9 Å². The third-order valence-electron chi connectivity index (χ3n) is 2.24. The second-order valence-corrected chi connectivity index (χ2v) is 3.58. The Morgan fingerprint density at radius 2 is 1.94 bits per heavy atom. The summed E-state index contributed by atoms with van der Waals surface area (Å²) in [4.78, 5) is 14.9. The van der Waals surface area contributed by atoms with Crippen molar-refractivity contribution in [2.24, 2.45) is 0 Å². The fraction of sp³-hybridized carbons (Fsp3) is 0.0769. The van der Waals surface area contributed by atoms with E-state index in [1.165, 1.54) is 12.3 Å². The maximum atomic E-state index is 10.9. The Hall–Kier alpha value is -2.36. The third-order valence-corrected chi connectivity index (χ3v) is 2.24. The molecule has 4 heteroatoms. The summed E-state index contributed by atoms with van der Waals surface area (Å²) in [5.74, 6) is -0.388. The normalized spacial score (nSPS) is 9.94. The first-order valence-electron chi connectivity index (χ1n) is 5.09. The standard InChI is InChI=1S/C13H11NO3/c1-9-4-6-10(7-5-9)17-12-11(13(15)16)3-2-8-14-12/h2-8H,1H3,(H,15,16). The van der Waals surface area contributed by atoms with Gasteiger partial charge in [0.15, 0.2) is 0 Å². The van der Waals surface area contributed by atoms with E-state index in [1.807, 2.05) is 19.1 Å². The number of carboxylic acids is 1. The van der Waals surface area contributed by atoms with Gasteiger partial charge in [-0.05, 0) is 31.2 Å². The largest absolute Gasteiger partial charge is 0.477 e. The minimum absolute atomic E-state index is 0.0491. The van der Waals surface area contributed by atoms with Crippen molar-refractivity contribution in [1.29, 1.82) is 0 Å². The van der Waals surface area contributed by atoms with Crippen LogP contribution in [-0.2, 0) is 0 Å². The Morgan fingerprint density at radius 3 is 2.59 bits per heavy atom. The van der Waals surface area contributed by atoms with Gasteiger partial charge in [-0.2, -0.15) is 0 Å². The summed E-state index contributed by atoms with van der Waals surface area (Å²) in [6, 6.07) is 10.3. The van der Waals surface area contributed by atoms with Gasteiger partial charge in [0.05, 0.1) is 0 Å². The summed E-state index contributed by atoms with van der Waals surface area (Å²) in [6.07, 6.45) is 1.50. The molecular formula is C13H11NO3. The van der Waals surface area contributed by atoms with E-state index in [9.17, 15) is 4.79 Å². The maximum Gasteiger partial charge on any atom is 0.341 e. The van der Waals surface area contributed by atoms with Gasteiger partial charge in [0.25, 0.3) is 0 Å². The highest BCUT2D eigenvalue weighted by Gasteiger charge is 2.12. The minimum Gasteiger partial charge on any atom is -0.477 e. The van der Waals surface area contributed by atoms with Crippen LogP contribution in [0.4, 0.5) is 0 Å². The van der Waals surface area contributed by atoms with Gasteiger partial charge >= 0.3 is 5.97 Å². The van der Waals surface area contributed by atoms with Crippen LogP contribution in [0.25, 0.3) is 0 Å². The molecule has 0 unspecified atom stereocenters. The lowest BCUT2D eigenvalue weighted by molar-refractivity contribution is 0.0693. The van der Waals surface area contributed by atoms with Crippen molar-refractivity contribution < 1.29 is 14.6 Å². The third kappa shape index (κ3) is 2.60. The zero-order chi connectivity index (χ0) is 12.3. The van der Waals surface area contributed by atoms with Gasteiger partial charge in [0, 0.05) is 6.20 Å². The predicted molar refractivity (Wildman–Crippen MR) is 62.4 cm³/mol. The summed E-state index contributed by atoms with van der Waals surface area (Å²) in [5.41, 5.74) is 1.16. The second kappa shape index (κ2) is 4.65. The van der Waals surface area contributed by atoms with Crippen molar-refractivity contribution in [3.63, 3.8) is 0 Å². The lowest BCUT2D eigenvalue weighted by atomic mass is 10.2. The molecule has 0 radical (unpaired) electrons. The van der Waals surface area contributed by atoms with E-state index in [2.05, 4.69) is 4.98 Å². The molecule has 0 spiro atoms. The SMILES string of the molecule is Cc1ccc(Oc2ncccc2C(=O)O)cc1. The minimum atomic E-state index is -1.06. The van der Waals surface area contributed by atoms with E-state index >= 15 is 0 Å². The average molecular weight is 229 g/mol. The Bertz CT molecular complexity index is 535. The molecule has 17 heavy (non-hydrogen) atoms. The molecule has 0 fully saturated rings. The number of hydrogen-bond acceptors (Lipinski definition) is 3. The topological polar surface area (TPSA) is 59.4 Å². The summed E-state index contributed by atoms with van der Waals surface area (Å²) >= 11 is 0. The first-order valence-corrected chi connectivity index (χ1v) is 5.09. The number of rotatable bonds is 3. The van der Waals surface area contributed by atoms with E-state index in [4.69, 9.17) is 9.84 Å². The molecule has 0 aliphatic carbocycles. The number of hydrogen-bond donors (Lipinski definition) is 1. The van der Waals surface area contributed by atoms with Crippen LogP contribution in [-0.4, -0.2) is 16.1 Å². The second-order valence-electron chi connectivity index (χ2n) is 3.58. The van der Waals surface area contributed by atoms with E-state index in [1.54, 1.807) is 18.2 Å². The van der Waals surface area contributed by atoms with E-state index < -0.39 is 5.97 Å². The van der Waals surface area contributed by atoms with Crippen LogP contribution in [0.5, 0.6) is 11.6 Å². The molecule has 1 aromatic carbocycles. The van der Waals surface area contributed by atoms with Crippen molar-refractivity contribution in [2.45, 2.75) is 6.92 Å². The molecule has 0 bridgehead atoms. The van der Waals surface area contributed by atoms with Crippen molar-refractivity contribution in [3.05, 3.63) is 53.7 Å². The van der Waals surface area contributed by atoms with Crippen LogP contribution in [0.3, 0.4) is 0 Å². The van der Waals surface area contributed by atoms with Crippen molar-refractivity contribution in [2.75, 3.05) is 0 Å². The van der Waals surface area contributed by atoms with Gasteiger partial charge in [-0.1, -0.05) is 17.7 Å². The van der Waals surface area contributed by atoms with Gasteiger partial charge in [0.1, 0.15) is 11.3 Å². The van der Waals surface area contributed by atoms with Crippen molar-refractivity contribution in [3.8, 4) is 11.6 Å². The van der Waals surface area contributed by atoms with E-state index in [0.717, 1.165) is 5.56 Å². The molecule has 1 heterocycles. The molecule has 4 nitrogen and oxygen atoms in total. The number of carboxylic acid groups (broad SMARTS) is 1. The lowest BCUT2D eigenvalue weighted by Gasteiger charge is -2.07. The summed E-state index contributed by atoms with van der Waals surface area (Å²) < 4.78 is 5.43. The molecule has 86 valence electrons. The molecule has 0 aliphatic rings. The van der Waals surface area contributed by atoms with Crippen LogP contribution in [0.15, 0.2) is 42.6 Å².